The second kappa shape index (κ2) is 7.71. The van der Waals surface area contributed by atoms with Crippen molar-refractivity contribution in [3.63, 3.8) is 0 Å². The molecular weight excluding hydrogens is 384 g/mol. The van der Waals surface area contributed by atoms with Crippen molar-refractivity contribution in [2.24, 2.45) is 0 Å². The van der Waals surface area contributed by atoms with Crippen LogP contribution >= 0.6 is 0 Å². The normalized spacial score (nSPS) is 18.6. The predicted octanol–water partition coefficient (Wildman–Crippen LogP) is 1.64. The summed E-state index contributed by atoms with van der Waals surface area (Å²) in [6, 6.07) is 13.0. The average molecular weight is 409 g/mol. The van der Waals surface area contributed by atoms with Crippen molar-refractivity contribution in [2.75, 3.05) is 32.9 Å². The Morgan fingerprint density at radius 1 is 1.07 bits per heavy atom. The van der Waals surface area contributed by atoms with Crippen molar-refractivity contribution in [2.45, 2.75) is 21.6 Å². The summed E-state index contributed by atoms with van der Waals surface area (Å²) in [5.41, 5.74) is 1.13. The molecule has 0 amide bonds. The second-order valence-corrected chi connectivity index (χ2v) is 11.1. The zero-order valence-corrected chi connectivity index (χ0v) is 17.1. The third-order valence-electron chi connectivity index (χ3n) is 4.68. The number of benzene rings is 2. The van der Waals surface area contributed by atoms with E-state index in [9.17, 15) is 16.8 Å². The lowest BCUT2D eigenvalue weighted by molar-refractivity contribution is 0.400. The molecule has 1 atom stereocenters. The molecule has 1 heterocycles. The van der Waals surface area contributed by atoms with Crippen LogP contribution in [0.25, 0.3) is 0 Å². The number of sulfone groups is 2. The summed E-state index contributed by atoms with van der Waals surface area (Å²) < 4.78 is 51.6. The molecule has 146 valence electrons. The number of nitrogens with zero attached hydrogens (tertiary/aromatic N) is 1. The van der Waals surface area contributed by atoms with E-state index in [0.717, 1.165) is 18.7 Å². The summed E-state index contributed by atoms with van der Waals surface area (Å²) in [5.74, 6) is -0.408. The van der Waals surface area contributed by atoms with Gasteiger partial charge in [-0.05, 0) is 43.4 Å². The van der Waals surface area contributed by atoms with Crippen LogP contribution in [0.5, 0.6) is 0 Å². The standard InChI is InChI=1S/C19H24N2O4S2/c1-21(2)12-11-20-13-15-7-6-10-17-19(15)18(14-26(17,22)23)27(24,25)16-8-4-3-5-9-16/h3-10,18,20H,11-14H2,1-2H3. The Balaban J connectivity index is 2.00. The molecule has 2 aromatic rings. The molecule has 1 aliphatic heterocycles. The maximum atomic E-state index is 13.2. The summed E-state index contributed by atoms with van der Waals surface area (Å²) in [6.07, 6.45) is 0. The van der Waals surface area contributed by atoms with Gasteiger partial charge in [-0.2, -0.15) is 0 Å². The lowest BCUT2D eigenvalue weighted by Crippen LogP contribution is -2.27. The smallest absolute Gasteiger partial charge is 0.186 e. The molecule has 0 saturated carbocycles. The van der Waals surface area contributed by atoms with Crippen molar-refractivity contribution in [3.8, 4) is 0 Å². The van der Waals surface area contributed by atoms with E-state index in [1.165, 1.54) is 18.2 Å². The molecule has 0 bridgehead atoms. The highest BCUT2D eigenvalue weighted by Crippen LogP contribution is 2.42. The maximum Gasteiger partial charge on any atom is 0.186 e. The van der Waals surface area contributed by atoms with Gasteiger partial charge in [-0.3, -0.25) is 0 Å². The van der Waals surface area contributed by atoms with Crippen LogP contribution in [-0.2, 0) is 26.2 Å². The van der Waals surface area contributed by atoms with E-state index in [0.29, 0.717) is 12.1 Å². The molecule has 3 rings (SSSR count). The van der Waals surface area contributed by atoms with Crippen LogP contribution in [0.15, 0.2) is 58.3 Å². The van der Waals surface area contributed by atoms with E-state index < -0.39 is 30.7 Å². The predicted molar refractivity (Wildman–Crippen MR) is 105 cm³/mol. The fourth-order valence-corrected chi connectivity index (χ4v) is 7.72. The quantitative estimate of drug-likeness (QED) is 0.702. The number of fused-ring (bicyclic) bond motifs is 1. The molecule has 0 spiro atoms. The molecule has 1 N–H and O–H groups in total. The van der Waals surface area contributed by atoms with E-state index in [1.807, 2.05) is 19.0 Å². The molecule has 0 saturated heterocycles. The molecule has 0 radical (unpaired) electrons. The van der Waals surface area contributed by atoms with Gasteiger partial charge in [0.05, 0.1) is 15.5 Å². The van der Waals surface area contributed by atoms with Crippen molar-refractivity contribution in [1.29, 1.82) is 0 Å². The number of rotatable bonds is 7. The molecule has 2 aromatic carbocycles. The van der Waals surface area contributed by atoms with Crippen LogP contribution in [0.4, 0.5) is 0 Å². The molecule has 8 heteroatoms. The molecule has 27 heavy (non-hydrogen) atoms. The highest BCUT2D eigenvalue weighted by Gasteiger charge is 2.44. The molecule has 1 aliphatic rings. The van der Waals surface area contributed by atoms with Gasteiger partial charge in [-0.1, -0.05) is 30.3 Å². The highest BCUT2D eigenvalue weighted by molar-refractivity contribution is 7.96. The van der Waals surface area contributed by atoms with Crippen LogP contribution in [0.2, 0.25) is 0 Å². The van der Waals surface area contributed by atoms with Crippen molar-refractivity contribution in [3.05, 3.63) is 59.7 Å². The van der Waals surface area contributed by atoms with E-state index in [2.05, 4.69) is 5.32 Å². The Bertz CT molecular complexity index is 1020. The number of hydrogen-bond acceptors (Lipinski definition) is 6. The largest absolute Gasteiger partial charge is 0.311 e. The van der Waals surface area contributed by atoms with Gasteiger partial charge in [0.25, 0.3) is 0 Å². The Hall–Kier alpha value is -1.74. The number of nitrogens with one attached hydrogen (secondary N) is 1. The topological polar surface area (TPSA) is 83.6 Å². The first-order valence-corrected chi connectivity index (χ1v) is 11.9. The summed E-state index contributed by atoms with van der Waals surface area (Å²) in [6.45, 7) is 1.98. The van der Waals surface area contributed by atoms with Crippen LogP contribution in [0, 0.1) is 0 Å². The zero-order valence-electron chi connectivity index (χ0n) is 15.4. The van der Waals surface area contributed by atoms with Gasteiger partial charge in [0.15, 0.2) is 19.7 Å². The van der Waals surface area contributed by atoms with Gasteiger partial charge in [0.1, 0.15) is 5.25 Å². The van der Waals surface area contributed by atoms with Crippen molar-refractivity contribution in [1.82, 2.24) is 10.2 Å². The Morgan fingerprint density at radius 2 is 1.78 bits per heavy atom. The molecule has 6 nitrogen and oxygen atoms in total. The molecule has 0 aliphatic carbocycles. The minimum Gasteiger partial charge on any atom is -0.311 e. The van der Waals surface area contributed by atoms with E-state index in [-0.39, 0.29) is 9.79 Å². The van der Waals surface area contributed by atoms with E-state index in [1.54, 1.807) is 30.3 Å². The molecule has 0 aromatic heterocycles. The minimum atomic E-state index is -3.80. The third kappa shape index (κ3) is 4.08. The zero-order chi connectivity index (χ0) is 19.7. The van der Waals surface area contributed by atoms with Gasteiger partial charge in [-0.15, -0.1) is 0 Å². The monoisotopic (exact) mass is 408 g/mol. The maximum absolute atomic E-state index is 13.2. The first-order chi connectivity index (χ1) is 12.7. The average Bonchev–Trinajstić information content (AvgIpc) is 2.92. The summed E-state index contributed by atoms with van der Waals surface area (Å²) in [4.78, 5) is 2.32. The Labute approximate surface area is 161 Å². The van der Waals surface area contributed by atoms with Crippen LogP contribution in [-0.4, -0.2) is 54.7 Å². The Kier molecular flexibility index (Phi) is 5.71. The summed E-state index contributed by atoms with van der Waals surface area (Å²) >= 11 is 0. The summed E-state index contributed by atoms with van der Waals surface area (Å²) in [7, 11) is -3.49. The van der Waals surface area contributed by atoms with Gasteiger partial charge in [-0.25, -0.2) is 16.8 Å². The number of likely N-dealkylation sites (N-methyl/N-ethyl adjacent to an activating group) is 1. The van der Waals surface area contributed by atoms with E-state index in [4.69, 9.17) is 0 Å². The van der Waals surface area contributed by atoms with Crippen molar-refractivity contribution >= 4 is 19.7 Å². The first kappa shape index (κ1) is 20.0. The lowest BCUT2D eigenvalue weighted by atomic mass is 10.1. The van der Waals surface area contributed by atoms with Gasteiger partial charge >= 0.3 is 0 Å². The van der Waals surface area contributed by atoms with Gasteiger partial charge in [0.2, 0.25) is 0 Å². The first-order valence-electron chi connectivity index (χ1n) is 8.72. The SMILES string of the molecule is CN(C)CCNCc1cccc2c1C(S(=O)(=O)c1ccccc1)CS2(=O)=O. The Morgan fingerprint density at radius 3 is 2.44 bits per heavy atom. The third-order valence-corrected chi connectivity index (χ3v) is 8.77. The van der Waals surface area contributed by atoms with Crippen LogP contribution < -0.4 is 5.32 Å². The molecular formula is C19H24N2O4S2. The molecule has 0 fully saturated rings. The highest BCUT2D eigenvalue weighted by atomic mass is 32.2. The van der Waals surface area contributed by atoms with Gasteiger partial charge < -0.3 is 10.2 Å². The van der Waals surface area contributed by atoms with E-state index >= 15 is 0 Å². The van der Waals surface area contributed by atoms with Crippen LogP contribution in [0.1, 0.15) is 16.4 Å². The lowest BCUT2D eigenvalue weighted by Gasteiger charge is -2.17. The number of hydrogen-bond donors (Lipinski definition) is 1. The summed E-state index contributed by atoms with van der Waals surface area (Å²) in [5, 5.41) is 2.19. The fourth-order valence-electron chi connectivity index (χ4n) is 3.30. The fraction of sp³-hybridized carbons (Fsp3) is 0.368. The van der Waals surface area contributed by atoms with Gasteiger partial charge in [0, 0.05) is 19.6 Å². The minimum absolute atomic E-state index is 0.138. The van der Waals surface area contributed by atoms with Crippen LogP contribution in [0.3, 0.4) is 0 Å². The van der Waals surface area contributed by atoms with Crippen molar-refractivity contribution < 1.29 is 16.8 Å². The molecule has 1 unspecified atom stereocenters. The second-order valence-electron chi connectivity index (χ2n) is 6.94.